The maximum atomic E-state index is 4.35. The van der Waals surface area contributed by atoms with Gasteiger partial charge in [0.15, 0.2) is 0 Å². The molecule has 0 saturated heterocycles. The second-order valence-electron chi connectivity index (χ2n) is 10.4. The van der Waals surface area contributed by atoms with E-state index in [1.54, 1.807) is 12.4 Å². The van der Waals surface area contributed by atoms with Gasteiger partial charge in [0.05, 0.1) is 0 Å². The van der Waals surface area contributed by atoms with E-state index < -0.39 is 0 Å². The van der Waals surface area contributed by atoms with Crippen LogP contribution in [0.3, 0.4) is 0 Å². The molecule has 34 heavy (non-hydrogen) atoms. The number of rotatable bonds is 22. The van der Waals surface area contributed by atoms with Gasteiger partial charge in [-0.25, -0.2) is 0 Å². The largest absolute Gasteiger partial charge is 0.243 e. The third-order valence-electron chi connectivity index (χ3n) is 7.41. The monoisotopic (exact) mass is 465 g/mol. The molecule has 2 nitrogen and oxygen atoms in total. The summed E-state index contributed by atoms with van der Waals surface area (Å²) in [5, 5.41) is 0. The Hall–Kier alpha value is -1.57. The third-order valence-corrected chi connectivity index (χ3v) is 7.41. The van der Waals surface area contributed by atoms with Crippen LogP contribution in [0.4, 0.5) is 0 Å². The minimum atomic E-state index is 0.712. The van der Waals surface area contributed by atoms with Gasteiger partial charge in [0.1, 0.15) is 18.0 Å². The van der Waals surface area contributed by atoms with Gasteiger partial charge in [0.2, 0.25) is 6.17 Å². The molecule has 190 valence electrons. The molecule has 0 saturated carbocycles. The molecular weight excluding hydrogens is 412 g/mol. The van der Waals surface area contributed by atoms with Crippen molar-refractivity contribution >= 4 is 12.4 Å². The van der Waals surface area contributed by atoms with Crippen LogP contribution in [0.15, 0.2) is 34.3 Å². The Kier molecular flexibility index (Phi) is 16.6. The summed E-state index contributed by atoms with van der Waals surface area (Å²) in [5.74, 6) is 0.712. The lowest BCUT2D eigenvalue weighted by atomic mass is 9.87. The van der Waals surface area contributed by atoms with E-state index in [2.05, 4.69) is 48.1 Å². The summed E-state index contributed by atoms with van der Waals surface area (Å²) < 4.78 is 0. The highest BCUT2D eigenvalue weighted by Crippen LogP contribution is 2.30. The highest BCUT2D eigenvalue weighted by Gasteiger charge is 2.19. The summed E-state index contributed by atoms with van der Waals surface area (Å²) in [4.78, 5) is 8.70. The van der Waals surface area contributed by atoms with E-state index in [4.69, 9.17) is 0 Å². The Bertz CT molecular complexity index is 633. The average Bonchev–Trinajstić information content (AvgIpc) is 3.41. The maximum absolute atomic E-state index is 4.35. The van der Waals surface area contributed by atoms with Crippen LogP contribution in [0.2, 0.25) is 0 Å². The van der Waals surface area contributed by atoms with Gasteiger partial charge in [-0.3, -0.25) is 0 Å². The first kappa shape index (κ1) is 28.7. The number of aliphatic imine (C=N–C) groups is 2. The Balaban J connectivity index is 1.70. The molecule has 1 aliphatic rings. The van der Waals surface area contributed by atoms with Gasteiger partial charge in [-0.05, 0) is 36.5 Å². The second-order valence-corrected chi connectivity index (χ2v) is 10.4. The molecule has 1 aliphatic heterocycles. The minimum absolute atomic E-state index is 0.712. The molecule has 1 aromatic rings. The van der Waals surface area contributed by atoms with Crippen LogP contribution >= 0.6 is 0 Å². The van der Waals surface area contributed by atoms with Gasteiger partial charge in [-0.15, -0.1) is 9.98 Å². The predicted octanol–water partition coefficient (Wildman–Crippen LogP) is 10.6. The highest BCUT2D eigenvalue weighted by atomic mass is 15.0. The molecule has 0 aliphatic carbocycles. The smallest absolute Gasteiger partial charge is 0.147 e. The van der Waals surface area contributed by atoms with Crippen molar-refractivity contribution in [2.75, 3.05) is 0 Å². The van der Waals surface area contributed by atoms with Gasteiger partial charge in [0, 0.05) is 12.1 Å². The average molecular weight is 466 g/mol. The topological polar surface area (TPSA) is 24.7 Å². The summed E-state index contributed by atoms with van der Waals surface area (Å²) in [5.41, 5.74) is 2.66. The van der Waals surface area contributed by atoms with Crippen molar-refractivity contribution in [3.05, 3.63) is 41.6 Å². The minimum Gasteiger partial charge on any atom is -0.147 e. The number of hydrogen-bond donors (Lipinski definition) is 0. The van der Waals surface area contributed by atoms with Crippen molar-refractivity contribution < 1.29 is 0 Å². The van der Waals surface area contributed by atoms with Crippen LogP contribution in [0.25, 0.3) is 0 Å². The Morgan fingerprint density at radius 3 is 1.32 bits per heavy atom. The zero-order valence-corrected chi connectivity index (χ0v) is 22.6. The molecule has 0 spiro atoms. The standard InChI is InChI=1S/C32H53N2/c1-3-5-7-9-11-13-14-16-18-20-22-29(21-19-17-15-12-10-8-6-4-2)30-23-25-31(26-24-30)32-33-27-28-34-32/h23-29H,3-22H2,1-2H3/q+1. The molecule has 0 bridgehead atoms. The van der Waals surface area contributed by atoms with Crippen LogP contribution in [-0.2, 0) is 0 Å². The molecule has 2 heteroatoms. The normalized spacial score (nSPS) is 13.8. The van der Waals surface area contributed by atoms with E-state index in [0.29, 0.717) is 5.92 Å². The number of nitrogens with zero attached hydrogens (tertiary/aromatic N) is 2. The number of unbranched alkanes of at least 4 members (excludes halogenated alkanes) is 16. The van der Waals surface area contributed by atoms with E-state index in [1.807, 2.05) is 0 Å². The summed E-state index contributed by atoms with van der Waals surface area (Å²) in [7, 11) is 0. The van der Waals surface area contributed by atoms with Crippen molar-refractivity contribution in [3.63, 3.8) is 0 Å². The molecule has 0 N–H and O–H groups in total. The molecule has 1 heterocycles. The van der Waals surface area contributed by atoms with Crippen molar-refractivity contribution in [2.24, 2.45) is 9.98 Å². The fourth-order valence-electron chi connectivity index (χ4n) is 5.18. The van der Waals surface area contributed by atoms with Crippen LogP contribution in [0.5, 0.6) is 0 Å². The van der Waals surface area contributed by atoms with Crippen LogP contribution in [0, 0.1) is 6.17 Å². The molecule has 0 aromatic heterocycles. The predicted molar refractivity (Wildman–Crippen MR) is 152 cm³/mol. The van der Waals surface area contributed by atoms with Crippen molar-refractivity contribution in [3.8, 4) is 0 Å². The van der Waals surface area contributed by atoms with Gasteiger partial charge in [-0.1, -0.05) is 129 Å². The lowest BCUT2D eigenvalue weighted by Gasteiger charge is -2.17. The fourth-order valence-corrected chi connectivity index (χ4v) is 5.18. The first-order valence-corrected chi connectivity index (χ1v) is 14.9. The van der Waals surface area contributed by atoms with Crippen molar-refractivity contribution in [1.82, 2.24) is 0 Å². The molecule has 1 aromatic carbocycles. The van der Waals surface area contributed by atoms with E-state index in [9.17, 15) is 0 Å². The Morgan fingerprint density at radius 1 is 0.529 bits per heavy atom. The van der Waals surface area contributed by atoms with E-state index in [0.717, 1.165) is 11.7 Å². The first-order chi connectivity index (χ1) is 16.8. The fraction of sp³-hybridized carbons (Fsp3) is 0.719. The Labute approximate surface area is 212 Å². The number of hydrogen-bond acceptors (Lipinski definition) is 2. The van der Waals surface area contributed by atoms with Crippen LogP contribution in [-0.4, -0.2) is 12.4 Å². The lowest BCUT2D eigenvalue weighted by molar-refractivity contribution is 0.482. The summed E-state index contributed by atoms with van der Waals surface area (Å²) in [6.07, 6.45) is 32.5. The summed E-state index contributed by atoms with van der Waals surface area (Å²) >= 11 is 0. The van der Waals surface area contributed by atoms with Gasteiger partial charge in [0.25, 0.3) is 0 Å². The van der Waals surface area contributed by atoms with Gasteiger partial charge < -0.3 is 0 Å². The molecule has 1 unspecified atom stereocenters. The molecule has 2 rings (SSSR count). The molecule has 0 amide bonds. The molecule has 0 fully saturated rings. The summed E-state index contributed by atoms with van der Waals surface area (Å²) in [6, 6.07) is 9.14. The van der Waals surface area contributed by atoms with Gasteiger partial charge >= 0.3 is 0 Å². The van der Waals surface area contributed by atoms with E-state index in [1.165, 1.54) is 134 Å². The van der Waals surface area contributed by atoms with E-state index >= 15 is 0 Å². The zero-order valence-electron chi connectivity index (χ0n) is 22.6. The van der Waals surface area contributed by atoms with E-state index in [-0.39, 0.29) is 0 Å². The third kappa shape index (κ3) is 12.8. The van der Waals surface area contributed by atoms with Crippen LogP contribution in [0.1, 0.15) is 159 Å². The van der Waals surface area contributed by atoms with Crippen molar-refractivity contribution in [2.45, 2.75) is 148 Å². The number of benzene rings is 1. The van der Waals surface area contributed by atoms with Crippen LogP contribution < -0.4 is 0 Å². The first-order valence-electron chi connectivity index (χ1n) is 14.9. The maximum Gasteiger partial charge on any atom is 0.243 e. The molecular formula is C32H53N2+. The molecule has 1 atom stereocenters. The SMILES string of the molecule is CCCCCCCCCCCCC(CCCCCCCCCC)c1ccc([C+]2N=CC=N2)cc1. The van der Waals surface area contributed by atoms with Crippen molar-refractivity contribution in [1.29, 1.82) is 0 Å². The zero-order chi connectivity index (χ0) is 24.1. The summed E-state index contributed by atoms with van der Waals surface area (Å²) in [6.45, 7) is 4.60. The lowest BCUT2D eigenvalue weighted by Crippen LogP contribution is -2.01. The Morgan fingerprint density at radius 2 is 0.912 bits per heavy atom. The van der Waals surface area contributed by atoms with Gasteiger partial charge in [-0.2, -0.15) is 0 Å². The molecule has 0 radical (unpaired) electrons. The quantitative estimate of drug-likeness (QED) is 0.120. The second kappa shape index (κ2) is 19.7. The highest BCUT2D eigenvalue weighted by molar-refractivity contribution is 6.18.